The summed E-state index contributed by atoms with van der Waals surface area (Å²) >= 11 is 13.9. The number of rotatable bonds is 5. The summed E-state index contributed by atoms with van der Waals surface area (Å²) < 4.78 is 1.65. The largest absolute Gasteiger partial charge is 0.310 e. The highest BCUT2D eigenvalue weighted by atomic mass is 35.5. The third-order valence-corrected chi connectivity index (χ3v) is 5.57. The molecule has 1 nitrogen and oxygen atoms in total. The van der Waals surface area contributed by atoms with Crippen LogP contribution in [0.5, 0.6) is 0 Å². The molecule has 1 saturated carbocycles. The lowest BCUT2D eigenvalue weighted by molar-refractivity contribution is 0.360. The number of thiophene rings is 1. The van der Waals surface area contributed by atoms with Gasteiger partial charge in [0.15, 0.2) is 0 Å². The minimum Gasteiger partial charge on any atom is -0.310 e. The van der Waals surface area contributed by atoms with Gasteiger partial charge in [0.1, 0.15) is 0 Å². The van der Waals surface area contributed by atoms with Gasteiger partial charge < -0.3 is 5.32 Å². The molecule has 1 atom stereocenters. The molecular weight excluding hydrogens is 297 g/mol. The van der Waals surface area contributed by atoms with Crippen LogP contribution in [0.2, 0.25) is 8.67 Å². The van der Waals surface area contributed by atoms with E-state index in [1.165, 1.54) is 61.8 Å². The van der Waals surface area contributed by atoms with Gasteiger partial charge in [0.2, 0.25) is 0 Å². The quantitative estimate of drug-likeness (QED) is 0.650. The first-order valence-corrected chi connectivity index (χ1v) is 8.96. The summed E-state index contributed by atoms with van der Waals surface area (Å²) in [5.74, 6) is 0.835. The van der Waals surface area contributed by atoms with Crippen LogP contribution in [-0.4, -0.2) is 6.54 Å². The highest BCUT2D eigenvalue weighted by Gasteiger charge is 2.22. The molecule has 1 aliphatic rings. The fourth-order valence-corrected chi connectivity index (χ4v) is 4.67. The highest BCUT2D eigenvalue weighted by molar-refractivity contribution is 7.20. The zero-order valence-corrected chi connectivity index (χ0v) is 13.9. The van der Waals surface area contributed by atoms with E-state index in [1.54, 1.807) is 0 Å². The number of hydrogen-bond donors (Lipinski definition) is 1. The third-order valence-electron chi connectivity index (χ3n) is 4.05. The van der Waals surface area contributed by atoms with Crippen LogP contribution in [0.4, 0.5) is 0 Å². The maximum atomic E-state index is 6.32. The van der Waals surface area contributed by atoms with Crippen LogP contribution in [0.15, 0.2) is 6.07 Å². The SMILES string of the molecule is CCNC(CC1CCCCCC1)c1cc(Cl)sc1Cl. The molecule has 1 N–H and O–H groups in total. The topological polar surface area (TPSA) is 12.0 Å². The minimum atomic E-state index is 0.365. The summed E-state index contributed by atoms with van der Waals surface area (Å²) in [6, 6.07) is 2.41. The van der Waals surface area contributed by atoms with Crippen molar-refractivity contribution in [1.29, 1.82) is 0 Å². The standard InChI is InChI=1S/C15H23Cl2NS/c1-2-18-13(12-10-14(16)19-15(12)17)9-11-7-5-3-4-6-8-11/h10-11,13,18H,2-9H2,1H3. The van der Waals surface area contributed by atoms with Crippen LogP contribution >= 0.6 is 34.5 Å². The van der Waals surface area contributed by atoms with Gasteiger partial charge in [0.05, 0.1) is 8.67 Å². The highest BCUT2D eigenvalue weighted by Crippen LogP contribution is 2.39. The van der Waals surface area contributed by atoms with Crippen molar-refractivity contribution in [3.05, 3.63) is 20.3 Å². The molecule has 0 bridgehead atoms. The van der Waals surface area contributed by atoms with E-state index in [-0.39, 0.29) is 0 Å². The summed E-state index contributed by atoms with van der Waals surface area (Å²) in [7, 11) is 0. The van der Waals surface area contributed by atoms with Gasteiger partial charge in [-0.2, -0.15) is 0 Å². The van der Waals surface area contributed by atoms with Gasteiger partial charge in [0.25, 0.3) is 0 Å². The first-order valence-electron chi connectivity index (χ1n) is 7.38. The minimum absolute atomic E-state index is 0.365. The van der Waals surface area contributed by atoms with E-state index in [2.05, 4.69) is 12.2 Å². The molecular formula is C15H23Cl2NS. The normalized spacial score (nSPS) is 19.3. The Hall–Kier alpha value is 0.240. The van der Waals surface area contributed by atoms with E-state index in [0.717, 1.165) is 21.1 Å². The number of hydrogen-bond acceptors (Lipinski definition) is 2. The predicted octanol–water partition coefficient (Wildman–Crippen LogP) is 6.07. The molecule has 1 aromatic rings. The Balaban J connectivity index is 2.04. The van der Waals surface area contributed by atoms with Crippen LogP contribution in [0, 0.1) is 5.92 Å². The summed E-state index contributed by atoms with van der Waals surface area (Å²) in [4.78, 5) is 0. The molecule has 1 unspecified atom stereocenters. The molecule has 0 spiro atoms. The van der Waals surface area contributed by atoms with Crippen molar-refractivity contribution in [1.82, 2.24) is 5.32 Å². The molecule has 1 aromatic heterocycles. The number of nitrogens with one attached hydrogen (secondary N) is 1. The zero-order chi connectivity index (χ0) is 13.7. The van der Waals surface area contributed by atoms with E-state index in [4.69, 9.17) is 23.2 Å². The van der Waals surface area contributed by atoms with Gasteiger partial charge in [-0.3, -0.25) is 0 Å². The van der Waals surface area contributed by atoms with E-state index in [1.807, 2.05) is 6.07 Å². The third kappa shape index (κ3) is 4.63. The molecule has 19 heavy (non-hydrogen) atoms. The molecule has 1 aliphatic carbocycles. The first kappa shape index (κ1) is 15.6. The average Bonchev–Trinajstić information content (AvgIpc) is 2.58. The van der Waals surface area contributed by atoms with Crippen LogP contribution in [-0.2, 0) is 0 Å². The maximum Gasteiger partial charge on any atom is 0.0991 e. The molecule has 0 aliphatic heterocycles. The van der Waals surface area contributed by atoms with Crippen molar-refractivity contribution in [2.45, 2.75) is 57.9 Å². The molecule has 0 saturated heterocycles. The Bertz CT molecular complexity index is 383. The smallest absolute Gasteiger partial charge is 0.0991 e. The molecule has 0 amide bonds. The van der Waals surface area contributed by atoms with Gasteiger partial charge in [-0.1, -0.05) is 68.7 Å². The van der Waals surface area contributed by atoms with Crippen LogP contribution < -0.4 is 5.32 Å². The van der Waals surface area contributed by atoms with Gasteiger partial charge in [0, 0.05) is 11.6 Å². The van der Waals surface area contributed by atoms with Crippen molar-refractivity contribution < 1.29 is 0 Å². The molecule has 0 aromatic carbocycles. The van der Waals surface area contributed by atoms with Gasteiger partial charge in [-0.05, 0) is 24.9 Å². The molecule has 108 valence electrons. The molecule has 1 fully saturated rings. The second-order valence-corrected chi connectivity index (χ2v) is 7.77. The van der Waals surface area contributed by atoms with Crippen molar-refractivity contribution in [2.24, 2.45) is 5.92 Å². The predicted molar refractivity (Wildman–Crippen MR) is 86.6 cm³/mol. The van der Waals surface area contributed by atoms with E-state index < -0.39 is 0 Å². The Morgan fingerprint density at radius 2 is 1.95 bits per heavy atom. The van der Waals surface area contributed by atoms with E-state index in [0.29, 0.717) is 6.04 Å². The van der Waals surface area contributed by atoms with Gasteiger partial charge >= 0.3 is 0 Å². The van der Waals surface area contributed by atoms with Crippen molar-refractivity contribution in [3.8, 4) is 0 Å². The average molecular weight is 320 g/mol. The summed E-state index contributed by atoms with van der Waals surface area (Å²) in [5, 5.41) is 3.58. The lowest BCUT2D eigenvalue weighted by Gasteiger charge is -2.23. The van der Waals surface area contributed by atoms with Crippen LogP contribution in [0.3, 0.4) is 0 Å². The molecule has 4 heteroatoms. The summed E-state index contributed by atoms with van der Waals surface area (Å²) in [6.07, 6.45) is 9.54. The van der Waals surface area contributed by atoms with Gasteiger partial charge in [-0.25, -0.2) is 0 Å². The first-order chi connectivity index (χ1) is 9.20. The zero-order valence-electron chi connectivity index (χ0n) is 11.6. The maximum absolute atomic E-state index is 6.32. The van der Waals surface area contributed by atoms with Crippen molar-refractivity contribution in [2.75, 3.05) is 6.54 Å². The summed E-state index contributed by atoms with van der Waals surface area (Å²) in [5.41, 5.74) is 1.20. The van der Waals surface area contributed by atoms with E-state index in [9.17, 15) is 0 Å². The van der Waals surface area contributed by atoms with Gasteiger partial charge in [-0.15, -0.1) is 11.3 Å². The van der Waals surface area contributed by atoms with E-state index >= 15 is 0 Å². The second kappa shape index (κ2) is 7.87. The molecule has 0 radical (unpaired) electrons. The fraction of sp³-hybridized carbons (Fsp3) is 0.733. The monoisotopic (exact) mass is 319 g/mol. The van der Waals surface area contributed by atoms with Crippen LogP contribution in [0.1, 0.15) is 63.5 Å². The Kier molecular flexibility index (Phi) is 6.48. The Labute approximate surface area is 130 Å². The van der Waals surface area contributed by atoms with Crippen LogP contribution in [0.25, 0.3) is 0 Å². The fourth-order valence-electron chi connectivity index (χ4n) is 3.09. The Morgan fingerprint density at radius 3 is 2.47 bits per heavy atom. The second-order valence-electron chi connectivity index (χ2n) is 5.48. The molecule has 2 rings (SSSR count). The molecule has 1 heterocycles. The summed E-state index contributed by atoms with van der Waals surface area (Å²) in [6.45, 7) is 3.13. The Morgan fingerprint density at radius 1 is 1.26 bits per heavy atom. The van der Waals surface area contributed by atoms with Crippen molar-refractivity contribution in [3.63, 3.8) is 0 Å². The lowest BCUT2D eigenvalue weighted by Crippen LogP contribution is -2.23. The lowest BCUT2D eigenvalue weighted by atomic mass is 9.90. The number of halogens is 2. The van der Waals surface area contributed by atoms with Crippen molar-refractivity contribution >= 4 is 34.5 Å².